The minimum Gasteiger partial charge on any atom is -0.481 e. The van der Waals surface area contributed by atoms with Crippen LogP contribution in [0.15, 0.2) is 24.3 Å². The number of benzene rings is 1. The number of nitrogens with one attached hydrogen (secondary N) is 1. The number of rotatable bonds is 3. The summed E-state index contributed by atoms with van der Waals surface area (Å²) in [5.41, 5.74) is 2.74. The van der Waals surface area contributed by atoms with Gasteiger partial charge >= 0.3 is 12.0 Å². The zero-order valence-corrected chi connectivity index (χ0v) is 13.3. The summed E-state index contributed by atoms with van der Waals surface area (Å²) in [7, 11) is 0. The molecular formula is C18H24N2O3. The molecule has 23 heavy (non-hydrogen) atoms. The largest absolute Gasteiger partial charge is 0.481 e. The average molecular weight is 316 g/mol. The van der Waals surface area contributed by atoms with Gasteiger partial charge in [0.05, 0.1) is 5.92 Å². The fourth-order valence-electron chi connectivity index (χ4n) is 3.75. The molecule has 1 saturated heterocycles. The molecule has 2 N–H and O–H groups in total. The van der Waals surface area contributed by atoms with E-state index in [4.69, 9.17) is 5.11 Å². The van der Waals surface area contributed by atoms with Crippen LogP contribution in [-0.4, -0.2) is 41.6 Å². The molecule has 0 spiro atoms. The summed E-state index contributed by atoms with van der Waals surface area (Å²) in [5.74, 6) is -0.863. The average Bonchev–Trinajstić information content (AvgIpc) is 2.59. The fourth-order valence-corrected chi connectivity index (χ4v) is 3.75. The van der Waals surface area contributed by atoms with E-state index in [1.165, 1.54) is 11.1 Å². The molecule has 2 atom stereocenters. The van der Waals surface area contributed by atoms with Crippen molar-refractivity contribution in [2.24, 2.45) is 5.92 Å². The summed E-state index contributed by atoms with van der Waals surface area (Å²) in [5, 5.41) is 12.1. The predicted octanol–water partition coefficient (Wildman–Crippen LogP) is 2.61. The normalized spacial score (nSPS) is 23.9. The number of amides is 2. The molecule has 0 bridgehead atoms. The molecule has 3 rings (SSSR count). The van der Waals surface area contributed by atoms with E-state index in [0.29, 0.717) is 32.0 Å². The van der Waals surface area contributed by atoms with Crippen LogP contribution in [-0.2, 0) is 11.2 Å². The Bertz CT molecular complexity index is 587. The highest BCUT2D eigenvalue weighted by Crippen LogP contribution is 2.30. The predicted molar refractivity (Wildman–Crippen MR) is 87.5 cm³/mol. The van der Waals surface area contributed by atoms with Crippen LogP contribution in [0.25, 0.3) is 0 Å². The summed E-state index contributed by atoms with van der Waals surface area (Å²) in [4.78, 5) is 25.1. The Morgan fingerprint density at radius 2 is 2.04 bits per heavy atom. The van der Waals surface area contributed by atoms with E-state index in [0.717, 1.165) is 25.7 Å². The van der Waals surface area contributed by atoms with Gasteiger partial charge in [-0.3, -0.25) is 4.79 Å². The number of aliphatic carboxylic acids is 1. The van der Waals surface area contributed by atoms with Gasteiger partial charge in [-0.2, -0.15) is 0 Å². The number of hydrogen-bond donors (Lipinski definition) is 2. The van der Waals surface area contributed by atoms with Crippen molar-refractivity contribution in [3.8, 4) is 0 Å². The highest BCUT2D eigenvalue weighted by Gasteiger charge is 2.28. The van der Waals surface area contributed by atoms with E-state index >= 15 is 0 Å². The third kappa shape index (κ3) is 3.66. The summed E-state index contributed by atoms with van der Waals surface area (Å²) < 4.78 is 0. The third-order valence-electron chi connectivity index (χ3n) is 5.05. The number of carbonyl (C=O) groups is 2. The molecule has 1 aromatic rings. The van der Waals surface area contributed by atoms with E-state index in [9.17, 15) is 9.59 Å². The second-order valence-corrected chi connectivity index (χ2v) is 6.60. The number of carboxylic acids is 1. The van der Waals surface area contributed by atoms with Crippen molar-refractivity contribution in [1.82, 2.24) is 10.2 Å². The highest BCUT2D eigenvalue weighted by molar-refractivity contribution is 5.76. The Hall–Kier alpha value is -2.04. The first kappa shape index (κ1) is 15.8. The van der Waals surface area contributed by atoms with Crippen molar-refractivity contribution >= 4 is 12.0 Å². The number of piperidine rings is 1. The molecule has 1 aromatic carbocycles. The van der Waals surface area contributed by atoms with Crippen LogP contribution in [0.1, 0.15) is 42.7 Å². The van der Waals surface area contributed by atoms with Gasteiger partial charge in [0.2, 0.25) is 0 Å². The molecule has 1 aliphatic heterocycles. The third-order valence-corrected chi connectivity index (χ3v) is 5.05. The minimum atomic E-state index is -0.802. The van der Waals surface area contributed by atoms with Crippen molar-refractivity contribution < 1.29 is 14.7 Å². The zero-order valence-electron chi connectivity index (χ0n) is 13.3. The Labute approximate surface area is 136 Å². The lowest BCUT2D eigenvalue weighted by Crippen LogP contribution is -2.47. The van der Waals surface area contributed by atoms with Crippen molar-refractivity contribution in [2.45, 2.75) is 38.0 Å². The second kappa shape index (κ2) is 7.02. The molecule has 2 amide bonds. The van der Waals surface area contributed by atoms with Crippen LogP contribution in [0, 0.1) is 5.92 Å². The highest BCUT2D eigenvalue weighted by atomic mass is 16.4. The minimum absolute atomic E-state index is 0.126. The summed E-state index contributed by atoms with van der Waals surface area (Å²) in [6.07, 6.45) is 4.79. The lowest BCUT2D eigenvalue weighted by Gasteiger charge is -2.32. The van der Waals surface area contributed by atoms with Crippen molar-refractivity contribution in [1.29, 1.82) is 0 Å². The van der Waals surface area contributed by atoms with Gasteiger partial charge in [0.15, 0.2) is 0 Å². The van der Waals surface area contributed by atoms with Crippen molar-refractivity contribution in [3.05, 3.63) is 35.4 Å². The molecule has 0 radical (unpaired) electrons. The molecule has 0 aromatic heterocycles. The Balaban J connectivity index is 1.56. The number of fused-ring (bicyclic) bond motifs is 1. The quantitative estimate of drug-likeness (QED) is 0.900. The molecule has 2 aliphatic rings. The summed E-state index contributed by atoms with van der Waals surface area (Å²) in [6, 6.07) is 8.33. The van der Waals surface area contributed by atoms with E-state index in [2.05, 4.69) is 29.6 Å². The van der Waals surface area contributed by atoms with Crippen molar-refractivity contribution in [3.63, 3.8) is 0 Å². The second-order valence-electron chi connectivity index (χ2n) is 6.60. The number of carbonyl (C=O) groups excluding carboxylic acids is 1. The maximum Gasteiger partial charge on any atom is 0.317 e. The van der Waals surface area contributed by atoms with Gasteiger partial charge in [-0.15, -0.1) is 0 Å². The van der Waals surface area contributed by atoms with Crippen molar-refractivity contribution in [2.75, 3.05) is 19.6 Å². The van der Waals surface area contributed by atoms with E-state index in [1.807, 2.05) is 0 Å². The van der Waals surface area contributed by atoms with E-state index < -0.39 is 11.9 Å². The number of aryl methyl sites for hydroxylation is 1. The number of hydrogen-bond acceptors (Lipinski definition) is 2. The van der Waals surface area contributed by atoms with Crippen LogP contribution < -0.4 is 5.32 Å². The molecule has 1 aliphatic carbocycles. The topological polar surface area (TPSA) is 69.6 Å². The molecule has 124 valence electrons. The number of nitrogens with zero attached hydrogens (tertiary/aromatic N) is 1. The van der Waals surface area contributed by atoms with Crippen LogP contribution in [0.5, 0.6) is 0 Å². The van der Waals surface area contributed by atoms with Gasteiger partial charge in [0.1, 0.15) is 0 Å². The first-order valence-electron chi connectivity index (χ1n) is 8.48. The van der Waals surface area contributed by atoms with Crippen LogP contribution in [0.2, 0.25) is 0 Å². The van der Waals surface area contributed by atoms with E-state index in [-0.39, 0.29) is 6.03 Å². The van der Waals surface area contributed by atoms with Gasteiger partial charge in [-0.1, -0.05) is 24.3 Å². The molecule has 1 heterocycles. The van der Waals surface area contributed by atoms with Gasteiger partial charge in [-0.05, 0) is 43.2 Å². The SMILES string of the molecule is O=C(O)C1CCCN(C(=O)NCC2CCCc3ccccc32)C1. The Morgan fingerprint density at radius 3 is 2.87 bits per heavy atom. The Kier molecular flexibility index (Phi) is 4.84. The van der Waals surface area contributed by atoms with E-state index in [1.54, 1.807) is 4.90 Å². The molecular weight excluding hydrogens is 292 g/mol. The number of carboxylic acid groups (broad SMARTS) is 1. The smallest absolute Gasteiger partial charge is 0.317 e. The first-order valence-corrected chi connectivity index (χ1v) is 8.48. The molecule has 5 nitrogen and oxygen atoms in total. The lowest BCUT2D eigenvalue weighted by molar-refractivity contribution is -0.143. The maximum absolute atomic E-state index is 12.3. The van der Waals surface area contributed by atoms with Gasteiger partial charge in [0.25, 0.3) is 0 Å². The summed E-state index contributed by atoms with van der Waals surface area (Å²) in [6.45, 7) is 1.60. The number of urea groups is 1. The van der Waals surface area contributed by atoms with Crippen LogP contribution >= 0.6 is 0 Å². The lowest BCUT2D eigenvalue weighted by atomic mass is 9.83. The fraction of sp³-hybridized carbons (Fsp3) is 0.556. The van der Waals surface area contributed by atoms with Gasteiger partial charge < -0.3 is 15.3 Å². The molecule has 2 unspecified atom stereocenters. The van der Waals surface area contributed by atoms with Gasteiger partial charge in [-0.25, -0.2) is 4.79 Å². The Morgan fingerprint density at radius 1 is 1.22 bits per heavy atom. The summed E-state index contributed by atoms with van der Waals surface area (Å²) >= 11 is 0. The maximum atomic E-state index is 12.3. The molecule has 5 heteroatoms. The van der Waals surface area contributed by atoms with Gasteiger partial charge in [0, 0.05) is 25.6 Å². The monoisotopic (exact) mass is 316 g/mol. The van der Waals surface area contributed by atoms with Crippen LogP contribution in [0.3, 0.4) is 0 Å². The molecule has 1 fully saturated rings. The molecule has 0 saturated carbocycles. The standard InChI is InChI=1S/C18H24N2O3/c21-17(22)15-8-4-10-20(12-15)18(23)19-11-14-7-3-6-13-5-1-2-9-16(13)14/h1-2,5,9,14-15H,3-4,6-8,10-12H2,(H,19,23)(H,21,22). The van der Waals surface area contributed by atoms with Crippen LogP contribution in [0.4, 0.5) is 4.79 Å². The zero-order chi connectivity index (χ0) is 16.2. The first-order chi connectivity index (χ1) is 11.1. The number of likely N-dealkylation sites (tertiary alicyclic amines) is 1.